The van der Waals surface area contributed by atoms with Gasteiger partial charge in [0.1, 0.15) is 0 Å². The molecule has 0 bridgehead atoms. The Balaban J connectivity index is 1.67. The maximum Gasteiger partial charge on any atom is 0.416 e. The highest BCUT2D eigenvalue weighted by molar-refractivity contribution is 7.89. The van der Waals surface area contributed by atoms with Crippen LogP contribution in [0.15, 0.2) is 59.5 Å². The summed E-state index contributed by atoms with van der Waals surface area (Å²) in [6.45, 7) is 1.43. The number of nitrogens with zero attached hydrogens (tertiary/aromatic N) is 2. The van der Waals surface area contributed by atoms with Crippen molar-refractivity contribution in [2.45, 2.75) is 17.6 Å². The number of sulfonamides is 1. The maximum atomic E-state index is 13.1. The number of rotatable bonds is 4. The molecule has 1 fully saturated rings. The number of halogens is 3. The third-order valence-electron chi connectivity index (χ3n) is 4.43. The van der Waals surface area contributed by atoms with E-state index in [1.807, 2.05) is 4.90 Å². The summed E-state index contributed by atoms with van der Waals surface area (Å²) < 4.78 is 65.9. The predicted molar refractivity (Wildman–Crippen MR) is 91.9 cm³/mol. The molecule has 4 nitrogen and oxygen atoms in total. The van der Waals surface area contributed by atoms with Gasteiger partial charge in [-0.1, -0.05) is 36.4 Å². The highest BCUT2D eigenvalue weighted by Crippen LogP contribution is 2.32. The molecule has 0 N–H and O–H groups in total. The summed E-state index contributed by atoms with van der Waals surface area (Å²) in [4.78, 5) is 2.08. The van der Waals surface area contributed by atoms with Gasteiger partial charge in [0.25, 0.3) is 0 Å². The molecule has 0 aliphatic carbocycles. The third-order valence-corrected chi connectivity index (χ3v) is 6.34. The van der Waals surface area contributed by atoms with Crippen molar-refractivity contribution in [3.63, 3.8) is 0 Å². The standard InChI is InChI=1S/C18H19F3N2O2S/c19-18(20,21)17-9-5-4-6-15(17)14-22-10-12-23(13-11-22)26(24,25)16-7-2-1-3-8-16/h1-9H,10-14H2. The lowest BCUT2D eigenvalue weighted by Gasteiger charge is -2.34. The van der Waals surface area contributed by atoms with E-state index in [4.69, 9.17) is 0 Å². The molecule has 2 aromatic carbocycles. The van der Waals surface area contributed by atoms with Gasteiger partial charge in [0.2, 0.25) is 10.0 Å². The molecule has 0 unspecified atom stereocenters. The second-order valence-corrected chi connectivity index (χ2v) is 8.09. The van der Waals surface area contributed by atoms with E-state index in [9.17, 15) is 21.6 Å². The average molecular weight is 384 g/mol. The average Bonchev–Trinajstić information content (AvgIpc) is 2.62. The SMILES string of the molecule is O=S(=O)(c1ccccc1)N1CCN(Cc2ccccc2C(F)(F)F)CC1. The minimum atomic E-state index is -4.39. The summed E-state index contributed by atoms with van der Waals surface area (Å²) in [6, 6.07) is 13.7. The Morgan fingerprint density at radius 3 is 2.04 bits per heavy atom. The zero-order valence-electron chi connectivity index (χ0n) is 14.0. The zero-order chi connectivity index (χ0) is 18.8. The van der Waals surface area contributed by atoms with Gasteiger partial charge in [0.05, 0.1) is 10.5 Å². The van der Waals surface area contributed by atoms with Gasteiger partial charge in [0.15, 0.2) is 0 Å². The molecule has 26 heavy (non-hydrogen) atoms. The second kappa shape index (κ2) is 7.38. The normalized spacial score (nSPS) is 17.3. The van der Waals surface area contributed by atoms with Crippen molar-refractivity contribution in [2.24, 2.45) is 0 Å². The first-order valence-corrected chi connectivity index (χ1v) is 9.65. The number of hydrogen-bond donors (Lipinski definition) is 0. The van der Waals surface area contributed by atoms with Crippen LogP contribution < -0.4 is 0 Å². The molecular formula is C18H19F3N2O2S. The number of alkyl halides is 3. The molecule has 0 saturated carbocycles. The smallest absolute Gasteiger partial charge is 0.296 e. The van der Waals surface area contributed by atoms with Crippen molar-refractivity contribution < 1.29 is 21.6 Å². The van der Waals surface area contributed by atoms with Crippen LogP contribution in [0.4, 0.5) is 13.2 Å². The van der Waals surface area contributed by atoms with Crippen LogP contribution in [-0.4, -0.2) is 43.8 Å². The van der Waals surface area contributed by atoms with E-state index >= 15 is 0 Å². The molecule has 1 heterocycles. The molecule has 0 radical (unpaired) electrons. The van der Waals surface area contributed by atoms with Gasteiger partial charge in [0, 0.05) is 32.7 Å². The molecule has 1 saturated heterocycles. The first kappa shape index (κ1) is 18.9. The summed E-state index contributed by atoms with van der Waals surface area (Å²) >= 11 is 0. The van der Waals surface area contributed by atoms with Crippen LogP contribution in [0.25, 0.3) is 0 Å². The van der Waals surface area contributed by atoms with Crippen LogP contribution in [0.2, 0.25) is 0 Å². The summed E-state index contributed by atoms with van der Waals surface area (Å²) in [7, 11) is -3.56. The fourth-order valence-corrected chi connectivity index (χ4v) is 4.49. The van der Waals surface area contributed by atoms with Crippen LogP contribution in [0.5, 0.6) is 0 Å². The van der Waals surface area contributed by atoms with Gasteiger partial charge in [-0.15, -0.1) is 0 Å². The Hall–Kier alpha value is -1.90. The van der Waals surface area contributed by atoms with Crippen molar-refractivity contribution in [3.8, 4) is 0 Å². The topological polar surface area (TPSA) is 40.6 Å². The Labute approximate surface area is 150 Å². The monoisotopic (exact) mass is 384 g/mol. The highest BCUT2D eigenvalue weighted by Gasteiger charge is 2.34. The van der Waals surface area contributed by atoms with Gasteiger partial charge in [-0.05, 0) is 23.8 Å². The molecule has 2 aromatic rings. The summed E-state index contributed by atoms with van der Waals surface area (Å²) in [5.41, 5.74) is -0.432. The van der Waals surface area contributed by atoms with E-state index < -0.39 is 21.8 Å². The Morgan fingerprint density at radius 2 is 1.42 bits per heavy atom. The van der Waals surface area contributed by atoms with E-state index in [0.29, 0.717) is 13.1 Å². The molecule has 0 spiro atoms. The Kier molecular flexibility index (Phi) is 5.36. The molecule has 0 amide bonds. The maximum absolute atomic E-state index is 13.1. The molecule has 8 heteroatoms. The molecule has 1 aliphatic rings. The van der Waals surface area contributed by atoms with E-state index in [1.54, 1.807) is 36.4 Å². The molecule has 1 aliphatic heterocycles. The number of hydrogen-bond acceptors (Lipinski definition) is 3. The molecule has 140 valence electrons. The van der Waals surface area contributed by atoms with E-state index in [2.05, 4.69) is 0 Å². The first-order chi connectivity index (χ1) is 12.3. The van der Waals surface area contributed by atoms with Crippen molar-refractivity contribution in [3.05, 3.63) is 65.7 Å². The summed E-state index contributed by atoms with van der Waals surface area (Å²) in [6.07, 6.45) is -4.39. The van der Waals surface area contributed by atoms with Gasteiger partial charge in [-0.2, -0.15) is 17.5 Å². The summed E-state index contributed by atoms with van der Waals surface area (Å²) in [5.74, 6) is 0. The Morgan fingerprint density at radius 1 is 0.846 bits per heavy atom. The van der Waals surface area contributed by atoms with Crippen molar-refractivity contribution >= 4 is 10.0 Å². The molecule has 0 aromatic heterocycles. The lowest BCUT2D eigenvalue weighted by atomic mass is 10.1. The fraction of sp³-hybridized carbons (Fsp3) is 0.333. The zero-order valence-corrected chi connectivity index (χ0v) is 14.8. The highest BCUT2D eigenvalue weighted by atomic mass is 32.2. The van der Waals surface area contributed by atoms with Crippen LogP contribution in [-0.2, 0) is 22.7 Å². The second-order valence-electron chi connectivity index (χ2n) is 6.15. The van der Waals surface area contributed by atoms with Crippen molar-refractivity contribution in [2.75, 3.05) is 26.2 Å². The van der Waals surface area contributed by atoms with Crippen LogP contribution >= 0.6 is 0 Å². The quantitative estimate of drug-likeness (QED) is 0.813. The lowest BCUT2D eigenvalue weighted by Crippen LogP contribution is -2.48. The van der Waals surface area contributed by atoms with Crippen molar-refractivity contribution in [1.82, 2.24) is 9.21 Å². The van der Waals surface area contributed by atoms with Crippen LogP contribution in [0.1, 0.15) is 11.1 Å². The third kappa shape index (κ3) is 4.08. The minimum Gasteiger partial charge on any atom is -0.296 e. The van der Waals surface area contributed by atoms with Gasteiger partial charge < -0.3 is 0 Å². The van der Waals surface area contributed by atoms with Crippen LogP contribution in [0, 0.1) is 0 Å². The fourth-order valence-electron chi connectivity index (χ4n) is 3.05. The lowest BCUT2D eigenvalue weighted by molar-refractivity contribution is -0.138. The number of benzene rings is 2. The molecule has 3 rings (SSSR count). The predicted octanol–water partition coefficient (Wildman–Crippen LogP) is 3.21. The van der Waals surface area contributed by atoms with E-state index in [0.717, 1.165) is 6.07 Å². The summed E-state index contributed by atoms with van der Waals surface area (Å²) in [5, 5.41) is 0. The molecule has 0 atom stereocenters. The Bertz CT molecular complexity index is 846. The van der Waals surface area contributed by atoms with E-state index in [1.165, 1.54) is 16.4 Å². The molecular weight excluding hydrogens is 365 g/mol. The van der Waals surface area contributed by atoms with Gasteiger partial charge in [-0.3, -0.25) is 4.90 Å². The van der Waals surface area contributed by atoms with Gasteiger partial charge in [-0.25, -0.2) is 8.42 Å². The largest absolute Gasteiger partial charge is 0.416 e. The van der Waals surface area contributed by atoms with Crippen LogP contribution in [0.3, 0.4) is 0 Å². The minimum absolute atomic E-state index is 0.148. The van der Waals surface area contributed by atoms with Crippen molar-refractivity contribution in [1.29, 1.82) is 0 Å². The number of piperazine rings is 1. The first-order valence-electron chi connectivity index (χ1n) is 8.21. The van der Waals surface area contributed by atoms with E-state index in [-0.39, 0.29) is 30.1 Å². The van der Waals surface area contributed by atoms with Gasteiger partial charge >= 0.3 is 6.18 Å².